The lowest BCUT2D eigenvalue weighted by atomic mass is 9.76. The first-order valence-electron chi connectivity index (χ1n) is 16.8. The minimum atomic E-state index is -0.543. The first-order valence-corrected chi connectivity index (χ1v) is 16.8. The number of hydrogen-bond donors (Lipinski definition) is 2. The number of phenols is 1. The molecule has 4 bridgehead atoms. The maximum absolute atomic E-state index is 13.0. The third-order valence-corrected chi connectivity index (χ3v) is 12.7. The van der Waals surface area contributed by atoms with Crippen molar-refractivity contribution < 1.29 is 38.8 Å². The maximum atomic E-state index is 13.0. The minimum Gasteiger partial charge on any atom is -0.508 e. The Morgan fingerprint density at radius 2 is 1.18 bits per heavy atom. The van der Waals surface area contributed by atoms with Crippen LogP contribution in [0.4, 0.5) is 0 Å². The highest BCUT2D eigenvalue weighted by atomic mass is 16.5. The van der Waals surface area contributed by atoms with Gasteiger partial charge in [-0.2, -0.15) is 0 Å². The lowest BCUT2D eigenvalue weighted by Crippen LogP contribution is -2.28. The number of fused-ring (bicyclic) bond motifs is 10. The first kappa shape index (κ1) is 29.8. The second-order valence-corrected chi connectivity index (χ2v) is 15.2. The molecule has 6 aliphatic rings. The number of aliphatic hydroxyl groups is 1. The third kappa shape index (κ3) is 5.45. The molecule has 0 aliphatic heterocycles. The summed E-state index contributed by atoms with van der Waals surface area (Å²) >= 11 is 0. The van der Waals surface area contributed by atoms with Crippen LogP contribution in [0.1, 0.15) is 79.0 Å². The van der Waals surface area contributed by atoms with E-state index in [1.807, 2.05) is 0 Å². The van der Waals surface area contributed by atoms with Crippen LogP contribution < -0.4 is 0 Å². The third-order valence-electron chi connectivity index (χ3n) is 12.7. The summed E-state index contributed by atoms with van der Waals surface area (Å²) in [6.45, 7) is 6.75. The first-order chi connectivity index (χ1) is 21.2. The van der Waals surface area contributed by atoms with Gasteiger partial charge in [-0.1, -0.05) is 6.58 Å². The number of hydrogen-bond acceptors (Lipinski definition) is 8. The van der Waals surface area contributed by atoms with Crippen molar-refractivity contribution in [2.24, 2.45) is 71.0 Å². The zero-order valence-electron chi connectivity index (χ0n) is 25.7. The van der Waals surface area contributed by atoms with Gasteiger partial charge in [0.05, 0.1) is 30.9 Å². The van der Waals surface area contributed by atoms with Crippen LogP contribution in [0.5, 0.6) is 5.75 Å². The zero-order valence-corrected chi connectivity index (χ0v) is 25.7. The number of aromatic hydroxyl groups is 1. The van der Waals surface area contributed by atoms with Crippen molar-refractivity contribution >= 4 is 17.9 Å². The van der Waals surface area contributed by atoms with Gasteiger partial charge < -0.3 is 24.4 Å². The van der Waals surface area contributed by atoms with Gasteiger partial charge in [0.25, 0.3) is 0 Å². The summed E-state index contributed by atoms with van der Waals surface area (Å²) < 4.78 is 16.9. The van der Waals surface area contributed by atoms with Crippen molar-refractivity contribution in [2.75, 3.05) is 26.4 Å². The van der Waals surface area contributed by atoms with Gasteiger partial charge in [0.2, 0.25) is 0 Å². The van der Waals surface area contributed by atoms with Gasteiger partial charge in [-0.25, -0.2) is 14.4 Å². The van der Waals surface area contributed by atoms with Crippen LogP contribution in [-0.2, 0) is 19.0 Å². The Morgan fingerprint density at radius 1 is 0.682 bits per heavy atom. The Morgan fingerprint density at radius 3 is 1.75 bits per heavy atom. The topological polar surface area (TPSA) is 119 Å². The van der Waals surface area contributed by atoms with Crippen LogP contribution in [0.15, 0.2) is 30.4 Å². The molecule has 1 aromatic carbocycles. The molecule has 6 aliphatic carbocycles. The summed E-state index contributed by atoms with van der Waals surface area (Å²) in [6.07, 6.45) is 8.84. The number of esters is 3. The Bertz CT molecular complexity index is 1320. The molecule has 8 nitrogen and oxygen atoms in total. The van der Waals surface area contributed by atoms with E-state index >= 15 is 0 Å². The molecule has 0 amide bonds. The summed E-state index contributed by atoms with van der Waals surface area (Å²) in [7, 11) is 0. The van der Waals surface area contributed by atoms with Crippen LogP contribution in [0, 0.1) is 71.0 Å². The Kier molecular flexibility index (Phi) is 8.00. The second-order valence-electron chi connectivity index (χ2n) is 15.2. The van der Waals surface area contributed by atoms with E-state index in [2.05, 4.69) is 6.58 Å². The van der Waals surface area contributed by atoms with E-state index in [4.69, 9.17) is 14.2 Å². The average Bonchev–Trinajstić information content (AvgIpc) is 3.84. The summed E-state index contributed by atoms with van der Waals surface area (Å²) in [6, 6.07) is 4.15. The van der Waals surface area contributed by atoms with E-state index in [0.29, 0.717) is 84.6 Å². The van der Waals surface area contributed by atoms with Gasteiger partial charge in [-0.05, 0) is 148 Å². The smallest absolute Gasteiger partial charge is 0.338 e. The molecule has 44 heavy (non-hydrogen) atoms. The largest absolute Gasteiger partial charge is 0.508 e. The molecule has 0 saturated heterocycles. The fourth-order valence-corrected chi connectivity index (χ4v) is 11.0. The molecule has 12 atom stereocenters. The van der Waals surface area contributed by atoms with Gasteiger partial charge >= 0.3 is 17.9 Å². The molecular weight excluding hydrogens is 560 g/mol. The van der Waals surface area contributed by atoms with Crippen LogP contribution in [0.3, 0.4) is 0 Å². The van der Waals surface area contributed by atoms with Crippen LogP contribution in [-0.4, -0.2) is 54.5 Å². The highest BCUT2D eigenvalue weighted by Gasteiger charge is 2.57. The zero-order chi connectivity index (χ0) is 30.7. The van der Waals surface area contributed by atoms with Crippen molar-refractivity contribution in [1.82, 2.24) is 0 Å². The molecule has 0 radical (unpaired) electrons. The molecule has 8 heteroatoms. The average molecular weight is 607 g/mol. The van der Waals surface area contributed by atoms with Crippen molar-refractivity contribution in [3.63, 3.8) is 0 Å². The van der Waals surface area contributed by atoms with Crippen molar-refractivity contribution in [1.29, 1.82) is 0 Å². The number of benzene rings is 1. The van der Waals surface area contributed by atoms with Gasteiger partial charge in [0.15, 0.2) is 0 Å². The quantitative estimate of drug-likeness (QED) is 0.206. The monoisotopic (exact) mass is 606 g/mol. The van der Waals surface area contributed by atoms with E-state index in [-0.39, 0.29) is 35.4 Å². The van der Waals surface area contributed by atoms with Crippen LogP contribution >= 0.6 is 0 Å². The number of aliphatic hydroxyl groups excluding tert-OH is 1. The van der Waals surface area contributed by atoms with E-state index in [1.165, 1.54) is 31.0 Å². The standard InChI is InChI=1S/C36H46O8/c1-18(2)34(39)43-16-25-8-22-13-31(25)33-6-20(5-29(22)33)15-42-35(40)23-9-24(11-27(38)10-23)36(41)44-17-26-7-21-12-30(26)32-4-19(14-37)3-28(21)32/h9-11,19-22,25-26,28-33,37-38H,1,3-8,12-17H2,2H3. The Balaban J connectivity index is 0.894. The molecule has 0 spiro atoms. The number of phenolic OH excluding ortho intramolecular Hbond substituents is 1. The molecule has 12 unspecified atom stereocenters. The highest BCUT2D eigenvalue weighted by Crippen LogP contribution is 2.63. The molecule has 1 aromatic rings. The maximum Gasteiger partial charge on any atom is 0.338 e. The molecule has 0 heterocycles. The fraction of sp³-hybridized carbons (Fsp3) is 0.694. The normalized spacial score (nSPS) is 39.2. The molecule has 6 saturated carbocycles. The number of carbonyl (C=O) groups excluding carboxylic acids is 3. The Hall–Kier alpha value is -2.87. The lowest BCUT2D eigenvalue weighted by molar-refractivity contribution is -0.141. The second kappa shape index (κ2) is 11.8. The predicted molar refractivity (Wildman–Crippen MR) is 160 cm³/mol. The van der Waals surface area contributed by atoms with E-state index < -0.39 is 11.9 Å². The van der Waals surface area contributed by atoms with Crippen molar-refractivity contribution in [3.05, 3.63) is 41.5 Å². The molecule has 0 aromatic heterocycles. The molecule has 238 valence electrons. The van der Waals surface area contributed by atoms with Gasteiger partial charge in [-0.15, -0.1) is 0 Å². The van der Waals surface area contributed by atoms with Crippen molar-refractivity contribution in [2.45, 2.75) is 58.3 Å². The van der Waals surface area contributed by atoms with Gasteiger partial charge in [0.1, 0.15) is 5.75 Å². The van der Waals surface area contributed by atoms with Gasteiger partial charge in [-0.3, -0.25) is 0 Å². The molecule has 2 N–H and O–H groups in total. The summed E-state index contributed by atoms with van der Waals surface area (Å²) in [4.78, 5) is 37.9. The molecule has 7 rings (SSSR count). The molecule has 6 fully saturated rings. The minimum absolute atomic E-state index is 0.151. The highest BCUT2D eigenvalue weighted by molar-refractivity contribution is 5.96. The van der Waals surface area contributed by atoms with E-state index in [0.717, 1.165) is 44.4 Å². The van der Waals surface area contributed by atoms with E-state index in [9.17, 15) is 24.6 Å². The fourth-order valence-electron chi connectivity index (χ4n) is 11.0. The van der Waals surface area contributed by atoms with Crippen LogP contribution in [0.25, 0.3) is 0 Å². The van der Waals surface area contributed by atoms with Crippen LogP contribution in [0.2, 0.25) is 0 Å². The summed E-state index contributed by atoms with van der Waals surface area (Å²) in [5.41, 5.74) is 0.739. The Labute approximate surface area is 259 Å². The predicted octanol–water partition coefficient (Wildman–Crippen LogP) is 5.41. The summed E-state index contributed by atoms with van der Waals surface area (Å²) in [5, 5.41) is 19.9. The van der Waals surface area contributed by atoms with Gasteiger partial charge in [0, 0.05) is 12.2 Å². The van der Waals surface area contributed by atoms with E-state index in [1.54, 1.807) is 6.92 Å². The number of carbonyl (C=O) groups is 3. The number of ether oxygens (including phenoxy) is 3. The summed E-state index contributed by atoms with van der Waals surface area (Å²) in [5.74, 6) is 4.91. The molecular formula is C36H46O8. The van der Waals surface area contributed by atoms with Crippen molar-refractivity contribution in [3.8, 4) is 5.75 Å². The number of rotatable bonds is 10. The lowest BCUT2D eigenvalue weighted by Gasteiger charge is -2.31. The SMILES string of the molecule is C=C(C)C(=O)OCC1CC2CC1C1CC(COC(=O)c3cc(O)cc(C(=O)OCC4CC5CC4C4CC(CO)CC54)c3)CC21.